The number of hydrogen-bond donors (Lipinski definition) is 0. The van der Waals surface area contributed by atoms with E-state index in [1.807, 2.05) is 0 Å². The summed E-state index contributed by atoms with van der Waals surface area (Å²) in [5.41, 5.74) is 0.846. The summed E-state index contributed by atoms with van der Waals surface area (Å²) in [4.78, 5) is 0. The molecule has 0 N–H and O–H groups in total. The van der Waals surface area contributed by atoms with Crippen LogP contribution in [0.15, 0.2) is 48.6 Å². The van der Waals surface area contributed by atoms with Crippen molar-refractivity contribution in [1.82, 2.24) is 0 Å². The van der Waals surface area contributed by atoms with Crippen molar-refractivity contribution in [2.45, 2.75) is 25.0 Å². The largest absolute Gasteiger partial charge is 0.347 e. The second kappa shape index (κ2) is 3.77. The molecule has 2 nitrogen and oxygen atoms in total. The molecule has 2 spiro atoms. The Bertz CT molecular complexity index is 741. The number of hydrogen-bond acceptors (Lipinski definition) is 2. The van der Waals surface area contributed by atoms with E-state index in [0.29, 0.717) is 17.6 Å². The summed E-state index contributed by atoms with van der Waals surface area (Å²) in [5, 5.41) is 0. The third-order valence-electron chi connectivity index (χ3n) is 9.77. The lowest BCUT2D eigenvalue weighted by molar-refractivity contribution is -0.131. The normalized spacial score (nSPS) is 67.0. The Labute approximate surface area is 148 Å². The van der Waals surface area contributed by atoms with Crippen LogP contribution in [0.4, 0.5) is 0 Å². The van der Waals surface area contributed by atoms with Crippen LogP contribution in [0.2, 0.25) is 0 Å². The molecule has 128 valence electrons. The quantitative estimate of drug-likeness (QED) is 0.577. The third kappa shape index (κ3) is 1.16. The Balaban J connectivity index is 0.993. The lowest BCUT2D eigenvalue weighted by Crippen LogP contribution is -2.33. The predicted octanol–water partition coefficient (Wildman–Crippen LogP) is 3.73. The Morgan fingerprint density at radius 2 is 1.16 bits per heavy atom. The summed E-state index contributed by atoms with van der Waals surface area (Å²) >= 11 is 0. The standard InChI is InChI=1S/C23H24O2/c1-3-14-9-12(1)20-16-5-7-18(22(14,16)20)24-11-25-19-8-6-17-21-13-2-4-15(10-13)23(17,19)21/h1-8,12-21H,9-11H2/t12?,13?,14?,15?,16?,17?,18-,19+,20-,21+,22-,23+. The molecule has 4 saturated carbocycles. The van der Waals surface area contributed by atoms with Gasteiger partial charge in [-0.05, 0) is 60.2 Å². The van der Waals surface area contributed by atoms with E-state index >= 15 is 0 Å². The Morgan fingerprint density at radius 3 is 1.68 bits per heavy atom. The van der Waals surface area contributed by atoms with Crippen LogP contribution in [0.25, 0.3) is 0 Å². The van der Waals surface area contributed by atoms with Crippen molar-refractivity contribution in [2.75, 3.05) is 6.79 Å². The first-order chi connectivity index (χ1) is 12.4. The Hall–Kier alpha value is -1.12. The minimum absolute atomic E-state index is 0.288. The van der Waals surface area contributed by atoms with Crippen LogP contribution in [0.3, 0.4) is 0 Å². The Morgan fingerprint density at radius 1 is 0.640 bits per heavy atom. The van der Waals surface area contributed by atoms with Crippen LogP contribution in [0, 0.1) is 58.2 Å². The second-order valence-electron chi connectivity index (χ2n) is 9.95. The van der Waals surface area contributed by atoms with Crippen molar-refractivity contribution in [3.05, 3.63) is 48.6 Å². The second-order valence-corrected chi connectivity index (χ2v) is 9.95. The van der Waals surface area contributed by atoms with Gasteiger partial charge in [-0.1, -0.05) is 48.6 Å². The fourth-order valence-corrected chi connectivity index (χ4v) is 9.08. The smallest absolute Gasteiger partial charge is 0.148 e. The topological polar surface area (TPSA) is 18.5 Å². The highest BCUT2D eigenvalue weighted by Gasteiger charge is 2.80. The fourth-order valence-electron chi connectivity index (χ4n) is 9.08. The highest BCUT2D eigenvalue weighted by Crippen LogP contribution is 2.81. The summed E-state index contributed by atoms with van der Waals surface area (Å²) < 4.78 is 12.7. The predicted molar refractivity (Wildman–Crippen MR) is 93.2 cm³/mol. The summed E-state index contributed by atoms with van der Waals surface area (Å²) in [6.07, 6.45) is 22.8. The maximum atomic E-state index is 6.37. The first-order valence-corrected chi connectivity index (χ1v) is 10.3. The van der Waals surface area contributed by atoms with E-state index < -0.39 is 0 Å². The lowest BCUT2D eigenvalue weighted by Gasteiger charge is -2.30. The van der Waals surface area contributed by atoms with Crippen LogP contribution >= 0.6 is 0 Å². The van der Waals surface area contributed by atoms with Gasteiger partial charge in [0.1, 0.15) is 6.79 Å². The maximum absolute atomic E-state index is 6.37. The van der Waals surface area contributed by atoms with Gasteiger partial charge in [0, 0.05) is 10.8 Å². The first-order valence-electron chi connectivity index (χ1n) is 10.3. The van der Waals surface area contributed by atoms with Gasteiger partial charge in [-0.15, -0.1) is 0 Å². The van der Waals surface area contributed by atoms with Crippen molar-refractivity contribution in [1.29, 1.82) is 0 Å². The van der Waals surface area contributed by atoms with Gasteiger partial charge in [-0.2, -0.15) is 0 Å². The van der Waals surface area contributed by atoms with E-state index in [1.54, 1.807) is 0 Å². The van der Waals surface area contributed by atoms with Gasteiger partial charge in [0.05, 0.1) is 12.2 Å². The monoisotopic (exact) mass is 332 g/mol. The molecular formula is C23H24O2. The number of allylic oxidation sites excluding steroid dienone is 6. The van der Waals surface area contributed by atoms with E-state index in [2.05, 4.69) is 48.6 Å². The zero-order chi connectivity index (χ0) is 16.0. The molecule has 2 heteroatoms. The number of rotatable bonds is 4. The summed E-state index contributed by atoms with van der Waals surface area (Å²) in [7, 11) is 0. The average Bonchev–Trinajstić information content (AvgIpc) is 3.16. The zero-order valence-electron chi connectivity index (χ0n) is 14.3. The fraction of sp³-hybridized carbons (Fsp3) is 0.652. The van der Waals surface area contributed by atoms with Crippen molar-refractivity contribution in [2.24, 2.45) is 58.2 Å². The van der Waals surface area contributed by atoms with Crippen molar-refractivity contribution in [3.8, 4) is 0 Å². The maximum Gasteiger partial charge on any atom is 0.148 e. The van der Waals surface area contributed by atoms with Gasteiger partial charge in [0.15, 0.2) is 0 Å². The highest BCUT2D eigenvalue weighted by molar-refractivity contribution is 5.43. The van der Waals surface area contributed by atoms with E-state index in [-0.39, 0.29) is 12.2 Å². The number of fused-ring (bicyclic) bond motifs is 8. The van der Waals surface area contributed by atoms with E-state index in [0.717, 1.165) is 47.3 Å². The molecule has 4 bridgehead atoms. The van der Waals surface area contributed by atoms with E-state index in [1.165, 1.54) is 12.8 Å². The molecular weight excluding hydrogens is 308 g/mol. The van der Waals surface area contributed by atoms with Gasteiger partial charge < -0.3 is 9.47 Å². The van der Waals surface area contributed by atoms with Crippen LogP contribution < -0.4 is 0 Å². The van der Waals surface area contributed by atoms with E-state index in [9.17, 15) is 0 Å². The minimum Gasteiger partial charge on any atom is -0.347 e. The van der Waals surface area contributed by atoms with Crippen LogP contribution in [0.1, 0.15) is 12.8 Å². The number of ether oxygens (including phenoxy) is 2. The summed E-state index contributed by atoms with van der Waals surface area (Å²) in [6, 6.07) is 0. The third-order valence-corrected chi connectivity index (χ3v) is 9.77. The minimum atomic E-state index is 0.288. The van der Waals surface area contributed by atoms with Crippen LogP contribution in [-0.4, -0.2) is 19.0 Å². The van der Waals surface area contributed by atoms with Crippen molar-refractivity contribution >= 4 is 0 Å². The van der Waals surface area contributed by atoms with Gasteiger partial charge in [-0.25, -0.2) is 0 Å². The average molecular weight is 332 g/mol. The molecule has 8 aliphatic carbocycles. The molecule has 0 aromatic rings. The summed E-state index contributed by atoms with van der Waals surface area (Å²) in [5.74, 6) is 6.49. The van der Waals surface area contributed by atoms with Gasteiger partial charge in [0.25, 0.3) is 0 Å². The van der Waals surface area contributed by atoms with Gasteiger partial charge >= 0.3 is 0 Å². The molecule has 4 fully saturated rings. The van der Waals surface area contributed by atoms with Crippen molar-refractivity contribution < 1.29 is 9.47 Å². The molecule has 12 atom stereocenters. The first kappa shape index (κ1) is 13.1. The molecule has 6 unspecified atom stereocenters. The molecule has 0 aromatic carbocycles. The molecule has 0 saturated heterocycles. The molecule has 0 amide bonds. The van der Waals surface area contributed by atoms with Crippen molar-refractivity contribution in [3.63, 3.8) is 0 Å². The molecule has 8 rings (SSSR count). The molecule has 25 heavy (non-hydrogen) atoms. The molecule has 8 aliphatic rings. The Kier molecular flexibility index (Phi) is 1.98. The molecule has 0 radical (unpaired) electrons. The van der Waals surface area contributed by atoms with Gasteiger partial charge in [0.2, 0.25) is 0 Å². The van der Waals surface area contributed by atoms with Crippen LogP contribution in [0.5, 0.6) is 0 Å². The zero-order valence-corrected chi connectivity index (χ0v) is 14.3. The summed E-state index contributed by atoms with van der Waals surface area (Å²) in [6.45, 7) is 0.467. The van der Waals surface area contributed by atoms with E-state index in [4.69, 9.17) is 9.47 Å². The van der Waals surface area contributed by atoms with Crippen LogP contribution in [-0.2, 0) is 9.47 Å². The highest BCUT2D eigenvalue weighted by atomic mass is 16.7. The molecule has 0 aromatic heterocycles. The molecule has 0 heterocycles. The molecule has 0 aliphatic heterocycles. The van der Waals surface area contributed by atoms with Gasteiger partial charge in [-0.3, -0.25) is 0 Å². The SMILES string of the molecule is C1=CC2CC1[C@H]1C3C=C[C@H](OCO[C@@H]4C=CC5[C@H]6C7C=CC(C7)[C@]564)[C@]231. The lowest BCUT2D eigenvalue weighted by atomic mass is 9.85.